The lowest BCUT2D eigenvalue weighted by molar-refractivity contribution is -0.132. The van der Waals surface area contributed by atoms with Crippen LogP contribution in [0.3, 0.4) is 0 Å². The van der Waals surface area contributed by atoms with Gasteiger partial charge < -0.3 is 19.7 Å². The van der Waals surface area contributed by atoms with Crippen molar-refractivity contribution in [1.82, 2.24) is 10.2 Å². The lowest BCUT2D eigenvalue weighted by Gasteiger charge is -2.16. The number of nitrogens with zero attached hydrogens (tertiary/aromatic N) is 1. The second-order valence-corrected chi connectivity index (χ2v) is 7.09. The van der Waals surface area contributed by atoms with Crippen LogP contribution in [-0.2, 0) is 9.59 Å². The highest BCUT2D eigenvalue weighted by Crippen LogP contribution is 2.33. The van der Waals surface area contributed by atoms with E-state index < -0.39 is 0 Å². The molecule has 0 atom stereocenters. The Morgan fingerprint density at radius 3 is 2.75 bits per heavy atom. The molecule has 24 heavy (non-hydrogen) atoms. The average Bonchev–Trinajstić information content (AvgIpc) is 3.38. The summed E-state index contributed by atoms with van der Waals surface area (Å²) in [4.78, 5) is 26.3. The van der Waals surface area contributed by atoms with E-state index in [1.165, 1.54) is 16.7 Å². The molecule has 0 aromatic heterocycles. The molecule has 7 heteroatoms. The van der Waals surface area contributed by atoms with Crippen LogP contribution in [0.5, 0.6) is 11.5 Å². The number of ether oxygens (including phenoxy) is 2. The summed E-state index contributed by atoms with van der Waals surface area (Å²) in [7, 11) is 1.66. The highest BCUT2D eigenvalue weighted by atomic mass is 32.2. The van der Waals surface area contributed by atoms with E-state index in [2.05, 4.69) is 5.32 Å². The summed E-state index contributed by atoms with van der Waals surface area (Å²) in [5, 5.41) is 2.88. The summed E-state index contributed by atoms with van der Waals surface area (Å²) >= 11 is 1.43. The molecule has 1 saturated carbocycles. The second kappa shape index (κ2) is 7.79. The number of nitrogens with one attached hydrogen (secondary N) is 1. The van der Waals surface area contributed by atoms with Crippen LogP contribution in [0, 0.1) is 0 Å². The fourth-order valence-corrected chi connectivity index (χ4v) is 3.16. The summed E-state index contributed by atoms with van der Waals surface area (Å²) in [6.45, 7) is 1.40. The van der Waals surface area contributed by atoms with Crippen molar-refractivity contribution in [2.45, 2.75) is 30.2 Å². The van der Waals surface area contributed by atoms with E-state index in [0.29, 0.717) is 19.3 Å². The van der Waals surface area contributed by atoms with Gasteiger partial charge in [0.05, 0.1) is 25.5 Å². The summed E-state index contributed by atoms with van der Waals surface area (Å²) in [6.07, 6.45) is 2.95. The van der Waals surface area contributed by atoms with Gasteiger partial charge in [0.25, 0.3) is 0 Å². The molecule has 130 valence electrons. The van der Waals surface area contributed by atoms with E-state index in [4.69, 9.17) is 9.47 Å². The maximum Gasteiger partial charge on any atom is 0.239 e. The van der Waals surface area contributed by atoms with Crippen LogP contribution < -0.4 is 14.8 Å². The molecule has 2 aliphatic rings. The van der Waals surface area contributed by atoms with Crippen molar-refractivity contribution in [3.8, 4) is 11.5 Å². The summed E-state index contributed by atoms with van der Waals surface area (Å²) in [5.74, 6) is 1.60. The molecule has 3 rings (SSSR count). The molecule has 0 spiro atoms. The average molecular weight is 350 g/mol. The molecule has 6 nitrogen and oxygen atoms in total. The number of thioether (sulfide) groups is 1. The van der Waals surface area contributed by atoms with E-state index in [-0.39, 0.29) is 24.1 Å². The quantitative estimate of drug-likeness (QED) is 0.791. The number of hydrogen-bond donors (Lipinski definition) is 1. The Bertz CT molecular complexity index is 619. The topological polar surface area (TPSA) is 67.9 Å². The van der Waals surface area contributed by atoms with Crippen LogP contribution in [0.2, 0.25) is 0 Å². The lowest BCUT2D eigenvalue weighted by atomic mass is 10.3. The monoisotopic (exact) mass is 350 g/mol. The van der Waals surface area contributed by atoms with Gasteiger partial charge in [0, 0.05) is 24.4 Å². The van der Waals surface area contributed by atoms with Crippen LogP contribution in [0.4, 0.5) is 0 Å². The molecule has 0 bridgehead atoms. The number of rotatable bonds is 6. The van der Waals surface area contributed by atoms with Gasteiger partial charge in [0.15, 0.2) is 11.5 Å². The number of hydrogen-bond acceptors (Lipinski definition) is 5. The Morgan fingerprint density at radius 1 is 1.25 bits per heavy atom. The molecule has 1 N–H and O–H groups in total. The zero-order valence-corrected chi connectivity index (χ0v) is 14.6. The predicted molar refractivity (Wildman–Crippen MR) is 91.6 cm³/mol. The molecular weight excluding hydrogens is 328 g/mol. The van der Waals surface area contributed by atoms with E-state index in [0.717, 1.165) is 35.7 Å². The highest BCUT2D eigenvalue weighted by Gasteiger charge is 2.24. The van der Waals surface area contributed by atoms with E-state index in [1.807, 2.05) is 18.2 Å². The Hall–Kier alpha value is -1.89. The van der Waals surface area contributed by atoms with E-state index in [1.54, 1.807) is 7.05 Å². The number of benzene rings is 1. The zero-order chi connectivity index (χ0) is 16.9. The highest BCUT2D eigenvalue weighted by molar-refractivity contribution is 8.00. The molecule has 0 saturated heterocycles. The van der Waals surface area contributed by atoms with Crippen LogP contribution in [0.1, 0.15) is 19.3 Å². The molecule has 0 radical (unpaired) electrons. The predicted octanol–water partition coefficient (Wildman–Crippen LogP) is 1.68. The molecule has 1 aliphatic carbocycles. The van der Waals surface area contributed by atoms with Gasteiger partial charge in [-0.2, -0.15) is 0 Å². The SMILES string of the molecule is CN(CC(=O)NC1CC1)C(=O)CSc1ccc2c(c1)OCCCO2. The van der Waals surface area contributed by atoms with Gasteiger partial charge in [0.2, 0.25) is 11.8 Å². The van der Waals surface area contributed by atoms with Crippen LogP contribution in [0.25, 0.3) is 0 Å². The fourth-order valence-electron chi connectivity index (χ4n) is 2.29. The minimum Gasteiger partial charge on any atom is -0.490 e. The van der Waals surface area contributed by atoms with Gasteiger partial charge in [0.1, 0.15) is 0 Å². The molecule has 1 heterocycles. The van der Waals surface area contributed by atoms with E-state index >= 15 is 0 Å². The molecule has 0 unspecified atom stereocenters. The molecule has 1 aliphatic heterocycles. The summed E-state index contributed by atoms with van der Waals surface area (Å²) in [5.41, 5.74) is 0. The van der Waals surface area contributed by atoms with Gasteiger partial charge >= 0.3 is 0 Å². The molecule has 2 amide bonds. The maximum absolute atomic E-state index is 12.2. The first-order valence-corrected chi connectivity index (χ1v) is 9.16. The van der Waals surface area contributed by atoms with Crippen LogP contribution >= 0.6 is 11.8 Å². The van der Waals surface area contributed by atoms with Gasteiger partial charge in [-0.05, 0) is 31.0 Å². The van der Waals surface area contributed by atoms with Gasteiger partial charge in [-0.1, -0.05) is 0 Å². The Balaban J connectivity index is 1.48. The standard InChI is InChI=1S/C17H22N2O4S/c1-19(10-16(20)18-12-3-4-12)17(21)11-24-13-5-6-14-15(9-13)23-8-2-7-22-14/h5-6,9,12H,2-4,7-8,10-11H2,1H3,(H,18,20). The first-order chi connectivity index (χ1) is 11.6. The Kier molecular flexibility index (Phi) is 5.50. The van der Waals surface area contributed by atoms with Gasteiger partial charge in [-0.15, -0.1) is 11.8 Å². The van der Waals surface area contributed by atoms with Crippen molar-refractivity contribution in [2.75, 3.05) is 32.6 Å². The van der Waals surface area contributed by atoms with Crippen molar-refractivity contribution in [1.29, 1.82) is 0 Å². The number of carbonyl (C=O) groups is 2. The number of fused-ring (bicyclic) bond motifs is 1. The van der Waals surface area contributed by atoms with Crippen molar-refractivity contribution in [3.63, 3.8) is 0 Å². The van der Waals surface area contributed by atoms with Gasteiger partial charge in [-0.25, -0.2) is 0 Å². The molecule has 1 aromatic rings. The van der Waals surface area contributed by atoms with Crippen molar-refractivity contribution >= 4 is 23.6 Å². The first-order valence-electron chi connectivity index (χ1n) is 8.17. The van der Waals surface area contributed by atoms with Crippen LogP contribution in [-0.4, -0.2) is 55.3 Å². The van der Waals surface area contributed by atoms with E-state index in [9.17, 15) is 9.59 Å². The minimum absolute atomic E-state index is 0.0712. The number of amides is 2. The normalized spacial score (nSPS) is 16.2. The third-order valence-electron chi connectivity index (χ3n) is 3.83. The third kappa shape index (κ3) is 4.80. The number of carbonyl (C=O) groups excluding carboxylic acids is 2. The number of likely N-dealkylation sites (N-methyl/N-ethyl adjacent to an activating group) is 1. The summed E-state index contributed by atoms with van der Waals surface area (Å²) in [6, 6.07) is 6.02. The first kappa shape index (κ1) is 17.0. The Labute approximate surface area is 145 Å². The summed E-state index contributed by atoms with van der Waals surface area (Å²) < 4.78 is 11.2. The Morgan fingerprint density at radius 2 is 2.00 bits per heavy atom. The largest absolute Gasteiger partial charge is 0.490 e. The van der Waals surface area contributed by atoms with Crippen molar-refractivity contribution < 1.29 is 19.1 Å². The fraction of sp³-hybridized carbons (Fsp3) is 0.529. The lowest BCUT2D eigenvalue weighted by Crippen LogP contribution is -2.39. The molecule has 1 fully saturated rings. The molecular formula is C17H22N2O4S. The minimum atomic E-state index is -0.0890. The molecule has 1 aromatic carbocycles. The van der Waals surface area contributed by atoms with Crippen molar-refractivity contribution in [3.05, 3.63) is 18.2 Å². The third-order valence-corrected chi connectivity index (χ3v) is 4.81. The van der Waals surface area contributed by atoms with Gasteiger partial charge in [-0.3, -0.25) is 9.59 Å². The maximum atomic E-state index is 12.2. The smallest absolute Gasteiger partial charge is 0.239 e. The second-order valence-electron chi connectivity index (χ2n) is 6.04. The van der Waals surface area contributed by atoms with Crippen LogP contribution in [0.15, 0.2) is 23.1 Å². The zero-order valence-electron chi connectivity index (χ0n) is 13.7. The van der Waals surface area contributed by atoms with Crippen molar-refractivity contribution in [2.24, 2.45) is 0 Å².